The summed E-state index contributed by atoms with van der Waals surface area (Å²) >= 11 is 0. The highest BCUT2D eigenvalue weighted by Crippen LogP contribution is 2.38. The Bertz CT molecular complexity index is 1330. The van der Waals surface area contributed by atoms with Crippen molar-refractivity contribution in [2.45, 2.75) is 13.3 Å². The quantitative estimate of drug-likeness (QED) is 0.143. The van der Waals surface area contributed by atoms with E-state index in [9.17, 15) is 14.4 Å². The number of benzene rings is 3. The molecule has 2 amide bonds. The van der Waals surface area contributed by atoms with Gasteiger partial charge in [-0.15, -0.1) is 0 Å². The van der Waals surface area contributed by atoms with Crippen LogP contribution in [-0.2, 0) is 4.79 Å². The van der Waals surface area contributed by atoms with Crippen molar-refractivity contribution < 1.29 is 38.1 Å². The Morgan fingerprint density at radius 1 is 0.825 bits per heavy atom. The van der Waals surface area contributed by atoms with Gasteiger partial charge in [-0.25, -0.2) is 10.2 Å². The van der Waals surface area contributed by atoms with Gasteiger partial charge in [0.25, 0.3) is 5.91 Å². The van der Waals surface area contributed by atoms with Crippen LogP contribution in [0.15, 0.2) is 65.8 Å². The molecule has 0 spiro atoms. The second-order valence-corrected chi connectivity index (χ2v) is 8.11. The summed E-state index contributed by atoms with van der Waals surface area (Å²) in [6.45, 7) is 2.24. The molecular formula is C29H31N3O8. The minimum Gasteiger partial charge on any atom is -0.493 e. The van der Waals surface area contributed by atoms with Gasteiger partial charge in [-0.1, -0.05) is 18.2 Å². The number of hydrogen-bond donors (Lipinski definition) is 2. The molecule has 0 aliphatic heterocycles. The number of nitrogens with zero attached hydrogens (tertiary/aromatic N) is 1. The fourth-order valence-corrected chi connectivity index (χ4v) is 3.53. The lowest BCUT2D eigenvalue weighted by Gasteiger charge is -2.14. The molecule has 0 heterocycles. The van der Waals surface area contributed by atoms with Crippen LogP contribution in [0.5, 0.6) is 28.7 Å². The number of hydrazone groups is 1. The van der Waals surface area contributed by atoms with Crippen molar-refractivity contribution in [2.75, 3.05) is 34.5 Å². The van der Waals surface area contributed by atoms with E-state index in [1.165, 1.54) is 39.7 Å². The van der Waals surface area contributed by atoms with E-state index in [0.29, 0.717) is 40.7 Å². The zero-order valence-corrected chi connectivity index (χ0v) is 22.7. The summed E-state index contributed by atoms with van der Waals surface area (Å²) in [5, 5.41) is 6.63. The van der Waals surface area contributed by atoms with Crippen molar-refractivity contribution in [3.63, 3.8) is 0 Å². The van der Waals surface area contributed by atoms with Gasteiger partial charge < -0.3 is 29.0 Å². The molecule has 0 aliphatic rings. The monoisotopic (exact) mass is 549 g/mol. The maximum absolute atomic E-state index is 12.6. The average molecular weight is 550 g/mol. The lowest BCUT2D eigenvalue weighted by molar-refractivity contribution is -0.120. The third kappa shape index (κ3) is 7.97. The molecular weight excluding hydrogens is 518 g/mol. The first-order chi connectivity index (χ1) is 19.4. The highest BCUT2D eigenvalue weighted by molar-refractivity contribution is 5.96. The third-order valence-electron chi connectivity index (χ3n) is 5.45. The number of esters is 1. The van der Waals surface area contributed by atoms with Crippen molar-refractivity contribution in [3.05, 3.63) is 77.4 Å². The van der Waals surface area contributed by atoms with Crippen LogP contribution in [0.4, 0.5) is 0 Å². The number of hydrogen-bond acceptors (Lipinski definition) is 9. The van der Waals surface area contributed by atoms with Crippen molar-refractivity contribution in [3.8, 4) is 28.7 Å². The molecule has 0 aliphatic carbocycles. The van der Waals surface area contributed by atoms with Crippen LogP contribution in [-0.4, -0.2) is 58.5 Å². The minimum atomic E-state index is -0.507. The lowest BCUT2D eigenvalue weighted by atomic mass is 10.1. The van der Waals surface area contributed by atoms with Crippen LogP contribution in [0.1, 0.15) is 39.6 Å². The molecule has 0 saturated heterocycles. The summed E-state index contributed by atoms with van der Waals surface area (Å²) in [6, 6.07) is 16.6. The Morgan fingerprint density at radius 3 is 2.15 bits per heavy atom. The van der Waals surface area contributed by atoms with E-state index in [0.717, 1.165) is 0 Å². The van der Waals surface area contributed by atoms with Crippen LogP contribution in [0, 0.1) is 0 Å². The Labute approximate surface area is 232 Å². The second-order valence-electron chi connectivity index (χ2n) is 8.11. The summed E-state index contributed by atoms with van der Waals surface area (Å²) in [5.74, 6) is 0.355. The minimum absolute atomic E-state index is 0.00786. The van der Waals surface area contributed by atoms with Gasteiger partial charge in [-0.3, -0.25) is 9.59 Å². The Hall–Kier alpha value is -5.06. The molecule has 0 unspecified atom stereocenters. The van der Waals surface area contributed by atoms with E-state index in [1.807, 2.05) is 13.0 Å². The van der Waals surface area contributed by atoms with Crippen LogP contribution in [0.2, 0.25) is 0 Å². The first kappa shape index (κ1) is 29.5. The molecule has 40 heavy (non-hydrogen) atoms. The molecule has 0 saturated carbocycles. The Morgan fingerprint density at radius 2 is 1.52 bits per heavy atom. The van der Waals surface area contributed by atoms with Crippen LogP contribution in [0.25, 0.3) is 0 Å². The molecule has 0 radical (unpaired) electrons. The van der Waals surface area contributed by atoms with E-state index >= 15 is 0 Å². The molecule has 0 atom stereocenters. The van der Waals surface area contributed by atoms with E-state index in [4.69, 9.17) is 23.7 Å². The normalized spacial score (nSPS) is 10.5. The first-order valence-electron chi connectivity index (χ1n) is 12.3. The van der Waals surface area contributed by atoms with Gasteiger partial charge in [0.05, 0.1) is 39.7 Å². The summed E-state index contributed by atoms with van der Waals surface area (Å²) in [4.78, 5) is 37.2. The van der Waals surface area contributed by atoms with Crippen molar-refractivity contribution in [1.82, 2.24) is 10.7 Å². The molecule has 3 aromatic rings. The zero-order chi connectivity index (χ0) is 28.9. The number of carbonyl (C=O) groups is 3. The van der Waals surface area contributed by atoms with Gasteiger partial charge in [0.15, 0.2) is 23.0 Å². The molecule has 3 aromatic carbocycles. The molecule has 0 fully saturated rings. The fraction of sp³-hybridized carbons (Fsp3) is 0.241. The summed E-state index contributed by atoms with van der Waals surface area (Å²) < 4.78 is 26.9. The second kappa shape index (κ2) is 14.8. The zero-order valence-electron chi connectivity index (χ0n) is 22.7. The molecule has 11 heteroatoms. The maximum atomic E-state index is 12.6. The van der Waals surface area contributed by atoms with Gasteiger partial charge in [-0.2, -0.15) is 5.10 Å². The fourth-order valence-electron chi connectivity index (χ4n) is 3.53. The predicted molar refractivity (Wildman–Crippen MR) is 148 cm³/mol. The largest absolute Gasteiger partial charge is 0.493 e. The van der Waals surface area contributed by atoms with Gasteiger partial charge >= 0.3 is 5.97 Å². The smallest absolute Gasteiger partial charge is 0.343 e. The molecule has 210 valence electrons. The van der Waals surface area contributed by atoms with E-state index in [-0.39, 0.29) is 24.3 Å². The Kier molecular flexibility index (Phi) is 10.9. The number of rotatable bonds is 13. The third-order valence-corrected chi connectivity index (χ3v) is 5.45. The molecule has 0 bridgehead atoms. The van der Waals surface area contributed by atoms with Crippen molar-refractivity contribution in [2.24, 2.45) is 5.10 Å². The summed E-state index contributed by atoms with van der Waals surface area (Å²) in [5.41, 5.74) is 3.73. The SMILES string of the molecule is CCOc1cc(/C=N/NC(=O)CCNC(=O)c2cc(OC)c(OC)c(OC)c2)ccc1OC(=O)c1ccccc1. The van der Waals surface area contributed by atoms with Crippen molar-refractivity contribution >= 4 is 24.0 Å². The van der Waals surface area contributed by atoms with E-state index < -0.39 is 17.8 Å². The molecule has 0 aromatic heterocycles. The first-order valence-corrected chi connectivity index (χ1v) is 12.3. The average Bonchev–Trinajstić information content (AvgIpc) is 2.98. The molecule has 11 nitrogen and oxygen atoms in total. The molecule has 2 N–H and O–H groups in total. The van der Waals surface area contributed by atoms with Gasteiger partial charge in [0, 0.05) is 18.5 Å². The van der Waals surface area contributed by atoms with E-state index in [2.05, 4.69) is 15.8 Å². The Balaban J connectivity index is 1.53. The number of nitrogens with one attached hydrogen (secondary N) is 2. The lowest BCUT2D eigenvalue weighted by Crippen LogP contribution is -2.29. The topological polar surface area (TPSA) is 134 Å². The van der Waals surface area contributed by atoms with Gasteiger partial charge in [0.2, 0.25) is 11.7 Å². The molecule has 3 rings (SSSR count). The number of methoxy groups -OCH3 is 3. The predicted octanol–water partition coefficient (Wildman–Crippen LogP) is 3.60. The highest BCUT2D eigenvalue weighted by Gasteiger charge is 2.17. The van der Waals surface area contributed by atoms with E-state index in [1.54, 1.807) is 42.5 Å². The standard InChI is InChI=1S/C29H31N3O8/c1-5-39-23-15-19(11-12-22(23)40-29(35)20-9-7-6-8-10-20)18-31-32-26(33)13-14-30-28(34)21-16-24(36-2)27(38-4)25(17-21)37-3/h6-12,15-18H,5,13-14H2,1-4H3,(H,30,34)(H,32,33)/b31-18+. The summed E-state index contributed by atoms with van der Waals surface area (Å²) in [7, 11) is 4.38. The van der Waals surface area contributed by atoms with Crippen LogP contribution in [0.3, 0.4) is 0 Å². The van der Waals surface area contributed by atoms with Crippen LogP contribution < -0.4 is 34.4 Å². The number of amides is 2. The summed E-state index contributed by atoms with van der Waals surface area (Å²) in [6.07, 6.45) is 1.42. The van der Waals surface area contributed by atoms with Gasteiger partial charge in [-0.05, 0) is 55.0 Å². The highest BCUT2D eigenvalue weighted by atomic mass is 16.6. The van der Waals surface area contributed by atoms with Crippen molar-refractivity contribution in [1.29, 1.82) is 0 Å². The number of ether oxygens (including phenoxy) is 5. The van der Waals surface area contributed by atoms with Crippen LogP contribution >= 0.6 is 0 Å². The number of carbonyl (C=O) groups excluding carboxylic acids is 3. The maximum Gasteiger partial charge on any atom is 0.343 e. The van der Waals surface area contributed by atoms with Gasteiger partial charge in [0.1, 0.15) is 0 Å².